The molecule has 0 amide bonds. The molecule has 1 nitrogen and oxygen atoms in total. The Morgan fingerprint density at radius 2 is 1.02 bits per heavy atom. The van der Waals surface area contributed by atoms with Crippen LogP contribution in [0.25, 0.3) is 77.2 Å². The number of hydrogen-bond acceptors (Lipinski definition) is 1. The number of furan rings is 1. The van der Waals surface area contributed by atoms with Crippen molar-refractivity contribution in [2.75, 3.05) is 0 Å². The zero-order chi connectivity index (χ0) is 28.3. The normalized spacial score (nSPS) is 13.1. The zero-order valence-electron chi connectivity index (χ0n) is 23.7. The number of hydrogen-bond donors (Lipinski definition) is 0. The summed E-state index contributed by atoms with van der Waals surface area (Å²) in [6.45, 7) is 0. The second kappa shape index (κ2) is 9.58. The van der Waals surface area contributed by atoms with Crippen molar-refractivity contribution in [2.24, 2.45) is 0 Å². The summed E-state index contributed by atoms with van der Waals surface area (Å²) in [4.78, 5) is 0. The van der Waals surface area contributed by atoms with Gasteiger partial charge in [0, 0.05) is 16.2 Å². The van der Waals surface area contributed by atoms with Crippen LogP contribution in [0.5, 0.6) is 0 Å². The molecular formula is C42H28O. The van der Waals surface area contributed by atoms with Crippen molar-refractivity contribution in [3.05, 3.63) is 156 Å². The van der Waals surface area contributed by atoms with Crippen LogP contribution >= 0.6 is 0 Å². The van der Waals surface area contributed by atoms with E-state index in [2.05, 4.69) is 146 Å². The van der Waals surface area contributed by atoms with Gasteiger partial charge in [-0.2, -0.15) is 0 Å². The van der Waals surface area contributed by atoms with Crippen LogP contribution in [0.4, 0.5) is 0 Å². The summed E-state index contributed by atoms with van der Waals surface area (Å²) < 4.78 is 6.79. The minimum absolute atomic E-state index is 0.945. The van der Waals surface area contributed by atoms with E-state index in [1.165, 1.54) is 76.3 Å². The van der Waals surface area contributed by atoms with Gasteiger partial charge in [-0.15, -0.1) is 0 Å². The highest BCUT2D eigenvalue weighted by atomic mass is 16.3. The Morgan fingerprint density at radius 1 is 0.465 bits per heavy atom. The predicted molar refractivity (Wildman–Crippen MR) is 182 cm³/mol. The second-order valence-corrected chi connectivity index (χ2v) is 11.5. The maximum Gasteiger partial charge on any atom is 0.138 e. The van der Waals surface area contributed by atoms with E-state index in [4.69, 9.17) is 4.42 Å². The maximum absolute atomic E-state index is 6.79. The Balaban J connectivity index is 1.42. The maximum atomic E-state index is 6.79. The van der Waals surface area contributed by atoms with Gasteiger partial charge in [0.25, 0.3) is 0 Å². The molecular weight excluding hydrogens is 520 g/mol. The van der Waals surface area contributed by atoms with Crippen LogP contribution < -0.4 is 10.6 Å². The highest BCUT2D eigenvalue weighted by Crippen LogP contribution is 2.45. The summed E-state index contributed by atoms with van der Waals surface area (Å²) >= 11 is 0. The quantitative estimate of drug-likeness (QED) is 0.200. The van der Waals surface area contributed by atoms with Crippen molar-refractivity contribution in [2.45, 2.75) is 12.8 Å². The molecule has 0 atom stereocenters. The fourth-order valence-electron chi connectivity index (χ4n) is 7.26. The van der Waals surface area contributed by atoms with Crippen molar-refractivity contribution in [1.29, 1.82) is 0 Å². The summed E-state index contributed by atoms with van der Waals surface area (Å²) in [6.07, 6.45) is 4.31. The monoisotopic (exact) mass is 548 g/mol. The molecule has 9 rings (SSSR count). The molecule has 0 radical (unpaired) electrons. The summed E-state index contributed by atoms with van der Waals surface area (Å²) in [6, 6.07) is 50.5. The molecule has 0 fully saturated rings. The Kier molecular flexibility index (Phi) is 5.39. The first kappa shape index (κ1) is 24.2. The molecule has 43 heavy (non-hydrogen) atoms. The van der Waals surface area contributed by atoms with E-state index in [0.717, 1.165) is 23.8 Å². The molecule has 202 valence electrons. The molecule has 0 saturated heterocycles. The third-order valence-electron chi connectivity index (χ3n) is 9.13. The first-order valence-corrected chi connectivity index (χ1v) is 15.1. The first-order valence-electron chi connectivity index (χ1n) is 15.1. The van der Waals surface area contributed by atoms with E-state index in [-0.39, 0.29) is 0 Å². The molecule has 0 saturated carbocycles. The fourth-order valence-corrected chi connectivity index (χ4v) is 7.26. The molecule has 1 aliphatic rings. The van der Waals surface area contributed by atoms with Crippen LogP contribution in [0.3, 0.4) is 0 Å². The van der Waals surface area contributed by atoms with Gasteiger partial charge >= 0.3 is 0 Å². The summed E-state index contributed by atoms with van der Waals surface area (Å²) in [5.74, 6) is 0. The highest BCUT2D eigenvalue weighted by molar-refractivity contribution is 6.20. The van der Waals surface area contributed by atoms with Crippen LogP contribution in [0.2, 0.25) is 0 Å². The lowest BCUT2D eigenvalue weighted by atomic mass is 9.82. The largest absolute Gasteiger partial charge is 0.456 e. The summed E-state index contributed by atoms with van der Waals surface area (Å²) in [7, 11) is 0. The molecule has 1 heteroatoms. The Morgan fingerprint density at radius 3 is 1.72 bits per heavy atom. The summed E-state index contributed by atoms with van der Waals surface area (Å²) in [5.41, 5.74) is 9.59. The van der Waals surface area contributed by atoms with Crippen molar-refractivity contribution in [3.63, 3.8) is 0 Å². The first-order chi connectivity index (χ1) is 21.3. The lowest BCUT2D eigenvalue weighted by Crippen LogP contribution is -2.26. The van der Waals surface area contributed by atoms with Crippen LogP contribution in [-0.2, 0) is 0 Å². The molecule has 8 aromatic rings. The van der Waals surface area contributed by atoms with Crippen LogP contribution in [-0.4, -0.2) is 0 Å². The molecule has 7 aromatic carbocycles. The van der Waals surface area contributed by atoms with Gasteiger partial charge in [0.05, 0.1) is 0 Å². The Hall–Kier alpha value is -5.40. The van der Waals surface area contributed by atoms with E-state index in [1.807, 2.05) is 0 Å². The van der Waals surface area contributed by atoms with Gasteiger partial charge in [-0.25, -0.2) is 0 Å². The van der Waals surface area contributed by atoms with Crippen molar-refractivity contribution in [3.8, 4) is 22.3 Å². The lowest BCUT2D eigenvalue weighted by Gasteiger charge is -2.21. The van der Waals surface area contributed by atoms with E-state index in [9.17, 15) is 0 Å². The van der Waals surface area contributed by atoms with Crippen LogP contribution in [0.1, 0.15) is 18.4 Å². The van der Waals surface area contributed by atoms with Crippen LogP contribution in [0.15, 0.2) is 144 Å². The smallest absolute Gasteiger partial charge is 0.138 e. The van der Waals surface area contributed by atoms with Crippen molar-refractivity contribution >= 4 is 54.9 Å². The van der Waals surface area contributed by atoms with Gasteiger partial charge in [-0.05, 0) is 85.1 Å². The minimum Gasteiger partial charge on any atom is -0.456 e. The standard InChI is InChI=1S/C42H28O/c1-2-13-27(14-3-1)30-17-6-7-18-31(30)40-32-19-8-10-21-34(32)41(35-22-11-9-20-33(35)40)37-24-12-23-36-38-25-28-15-4-5-16-29(28)26-39(38)43-42(36)37/h1-11,13-23,25-26H,12,24H2. The molecule has 0 N–H and O–H groups in total. The van der Waals surface area contributed by atoms with E-state index < -0.39 is 0 Å². The average molecular weight is 549 g/mol. The number of rotatable bonds is 3. The van der Waals surface area contributed by atoms with Gasteiger partial charge in [-0.1, -0.05) is 133 Å². The van der Waals surface area contributed by atoms with Gasteiger partial charge < -0.3 is 4.42 Å². The van der Waals surface area contributed by atoms with E-state index >= 15 is 0 Å². The topological polar surface area (TPSA) is 13.1 Å². The number of fused-ring (bicyclic) bond motifs is 6. The molecule has 0 unspecified atom stereocenters. The van der Waals surface area contributed by atoms with E-state index in [1.54, 1.807) is 0 Å². The van der Waals surface area contributed by atoms with Crippen LogP contribution in [0, 0.1) is 0 Å². The molecule has 1 aliphatic carbocycles. The summed E-state index contributed by atoms with van der Waals surface area (Å²) in [5, 5.41) is 9.97. The SMILES string of the molecule is C1=c2c(oc3cc4ccccc4cc23)=C(c2c3ccccc3c(-c3ccccc3-c3ccccc3)c3ccccc23)CC1. The predicted octanol–water partition coefficient (Wildman–Crippen LogP) is 10.00. The molecule has 1 heterocycles. The minimum atomic E-state index is 0.945. The zero-order valence-corrected chi connectivity index (χ0v) is 23.7. The third kappa shape index (κ3) is 3.72. The lowest BCUT2D eigenvalue weighted by molar-refractivity contribution is 0.569. The van der Waals surface area contributed by atoms with Gasteiger partial charge in [-0.3, -0.25) is 0 Å². The second-order valence-electron chi connectivity index (χ2n) is 11.5. The molecule has 0 aliphatic heterocycles. The average Bonchev–Trinajstić information content (AvgIpc) is 3.44. The van der Waals surface area contributed by atoms with Crippen molar-refractivity contribution in [1.82, 2.24) is 0 Å². The van der Waals surface area contributed by atoms with E-state index in [0.29, 0.717) is 0 Å². The van der Waals surface area contributed by atoms with Gasteiger partial charge in [0.15, 0.2) is 0 Å². The Bertz CT molecular complexity index is 2440. The fraction of sp³-hybridized carbons (Fsp3) is 0.0476. The Labute approximate surface area is 249 Å². The molecule has 0 spiro atoms. The van der Waals surface area contributed by atoms with Crippen molar-refractivity contribution < 1.29 is 4.42 Å². The highest BCUT2D eigenvalue weighted by Gasteiger charge is 2.22. The van der Waals surface area contributed by atoms with Gasteiger partial charge in [0.2, 0.25) is 0 Å². The molecule has 0 bridgehead atoms. The number of benzene rings is 7. The molecule has 1 aromatic heterocycles. The van der Waals surface area contributed by atoms with Gasteiger partial charge in [0.1, 0.15) is 11.0 Å². The third-order valence-corrected chi connectivity index (χ3v) is 9.13.